The van der Waals surface area contributed by atoms with Crippen molar-refractivity contribution in [3.05, 3.63) is 35.4 Å². The lowest BCUT2D eigenvalue weighted by Crippen LogP contribution is -2.44. The maximum absolute atomic E-state index is 12.5. The molecule has 5 nitrogen and oxygen atoms in total. The fourth-order valence-electron chi connectivity index (χ4n) is 2.76. The first-order valence-electron chi connectivity index (χ1n) is 7.25. The molecule has 0 amide bonds. The second-order valence-electron chi connectivity index (χ2n) is 5.83. The third-order valence-corrected chi connectivity index (χ3v) is 5.92. The molecule has 1 heterocycles. The van der Waals surface area contributed by atoms with E-state index in [9.17, 15) is 8.42 Å². The minimum atomic E-state index is -3.28. The first-order valence-corrected chi connectivity index (χ1v) is 8.86. The van der Waals surface area contributed by atoms with Crippen molar-refractivity contribution in [2.24, 2.45) is 0 Å². The predicted molar refractivity (Wildman–Crippen MR) is 83.3 cm³/mol. The Morgan fingerprint density at radius 3 is 2.43 bits per heavy atom. The van der Waals surface area contributed by atoms with Crippen LogP contribution >= 0.6 is 0 Å². The number of aliphatic hydroxyl groups is 1. The lowest BCUT2D eigenvalue weighted by atomic mass is 10.1. The van der Waals surface area contributed by atoms with Crippen molar-refractivity contribution in [3.8, 4) is 0 Å². The van der Waals surface area contributed by atoms with E-state index in [2.05, 4.69) is 4.90 Å². The van der Waals surface area contributed by atoms with Crippen LogP contribution in [-0.4, -0.2) is 56.0 Å². The van der Waals surface area contributed by atoms with Gasteiger partial charge in [0.25, 0.3) is 0 Å². The summed E-state index contributed by atoms with van der Waals surface area (Å²) < 4.78 is 26.6. The second kappa shape index (κ2) is 6.87. The van der Waals surface area contributed by atoms with E-state index in [-0.39, 0.29) is 12.4 Å². The van der Waals surface area contributed by atoms with Crippen LogP contribution in [0.4, 0.5) is 0 Å². The molecule has 1 aromatic carbocycles. The number of rotatable bonds is 5. The SMILES string of the molecule is CN(C)C1CCN(S(=O)(=O)Cc2cccc(CO)c2)CC1. The molecule has 0 radical (unpaired) electrons. The Hall–Kier alpha value is -0.950. The van der Waals surface area contributed by atoms with Gasteiger partial charge in [0.2, 0.25) is 10.0 Å². The van der Waals surface area contributed by atoms with Gasteiger partial charge in [0.05, 0.1) is 12.4 Å². The molecule has 1 N–H and O–H groups in total. The highest BCUT2D eigenvalue weighted by molar-refractivity contribution is 7.88. The molecule has 118 valence electrons. The van der Waals surface area contributed by atoms with Crippen molar-refractivity contribution in [1.82, 2.24) is 9.21 Å². The normalized spacial score (nSPS) is 18.3. The molecule has 0 aliphatic carbocycles. The summed E-state index contributed by atoms with van der Waals surface area (Å²) in [4.78, 5) is 2.16. The summed E-state index contributed by atoms with van der Waals surface area (Å²) in [6, 6.07) is 7.59. The summed E-state index contributed by atoms with van der Waals surface area (Å²) in [5.74, 6) is 0.00741. The lowest BCUT2D eigenvalue weighted by molar-refractivity contribution is 0.196. The van der Waals surface area contributed by atoms with Crippen LogP contribution in [0.1, 0.15) is 24.0 Å². The Morgan fingerprint density at radius 1 is 1.24 bits per heavy atom. The number of hydrogen-bond donors (Lipinski definition) is 1. The second-order valence-corrected chi connectivity index (χ2v) is 7.80. The molecular weight excluding hydrogens is 288 g/mol. The average Bonchev–Trinajstić information content (AvgIpc) is 2.47. The molecule has 1 aliphatic heterocycles. The van der Waals surface area contributed by atoms with Crippen molar-refractivity contribution in [1.29, 1.82) is 0 Å². The average molecular weight is 312 g/mol. The molecule has 2 rings (SSSR count). The van der Waals surface area contributed by atoms with Crippen LogP contribution in [0.2, 0.25) is 0 Å². The molecule has 0 saturated carbocycles. The van der Waals surface area contributed by atoms with Crippen molar-refractivity contribution >= 4 is 10.0 Å². The summed E-state index contributed by atoms with van der Waals surface area (Å²) in [5.41, 5.74) is 1.48. The molecule has 0 atom stereocenters. The van der Waals surface area contributed by atoms with Crippen LogP contribution in [0, 0.1) is 0 Å². The van der Waals surface area contributed by atoms with Gasteiger partial charge < -0.3 is 10.0 Å². The fraction of sp³-hybridized carbons (Fsp3) is 0.600. The number of nitrogens with zero attached hydrogens (tertiary/aromatic N) is 2. The van der Waals surface area contributed by atoms with Crippen molar-refractivity contribution in [2.75, 3.05) is 27.2 Å². The van der Waals surface area contributed by atoms with E-state index < -0.39 is 10.0 Å². The molecule has 1 aromatic rings. The van der Waals surface area contributed by atoms with Crippen molar-refractivity contribution < 1.29 is 13.5 Å². The van der Waals surface area contributed by atoms with Crippen LogP contribution in [0.3, 0.4) is 0 Å². The van der Waals surface area contributed by atoms with Gasteiger partial charge in [-0.3, -0.25) is 0 Å². The lowest BCUT2D eigenvalue weighted by Gasteiger charge is -2.34. The summed E-state index contributed by atoms with van der Waals surface area (Å²) in [7, 11) is 0.797. The molecule has 0 aromatic heterocycles. The minimum absolute atomic E-state index is 0.00741. The number of piperidine rings is 1. The maximum Gasteiger partial charge on any atom is 0.218 e. The Labute approximate surface area is 127 Å². The van der Waals surface area contributed by atoms with Crippen LogP contribution in [-0.2, 0) is 22.4 Å². The van der Waals surface area contributed by atoms with Crippen LogP contribution in [0.5, 0.6) is 0 Å². The molecular formula is C15H24N2O3S. The highest BCUT2D eigenvalue weighted by atomic mass is 32.2. The number of sulfonamides is 1. The highest BCUT2D eigenvalue weighted by Crippen LogP contribution is 2.20. The summed E-state index contributed by atoms with van der Waals surface area (Å²) in [5, 5.41) is 9.13. The largest absolute Gasteiger partial charge is 0.392 e. The smallest absolute Gasteiger partial charge is 0.218 e. The van der Waals surface area contributed by atoms with E-state index in [4.69, 9.17) is 5.11 Å². The molecule has 0 bridgehead atoms. The Morgan fingerprint density at radius 2 is 1.86 bits per heavy atom. The Balaban J connectivity index is 2.02. The van der Waals surface area contributed by atoms with Gasteiger partial charge in [0, 0.05) is 19.1 Å². The highest BCUT2D eigenvalue weighted by Gasteiger charge is 2.28. The Bertz CT molecular complexity index is 564. The van der Waals surface area contributed by atoms with Gasteiger partial charge in [-0.2, -0.15) is 0 Å². The molecule has 21 heavy (non-hydrogen) atoms. The van der Waals surface area contributed by atoms with Crippen molar-refractivity contribution in [3.63, 3.8) is 0 Å². The van der Waals surface area contributed by atoms with Gasteiger partial charge in [-0.1, -0.05) is 24.3 Å². The van der Waals surface area contributed by atoms with Gasteiger partial charge in [-0.25, -0.2) is 12.7 Å². The molecule has 1 saturated heterocycles. The van der Waals surface area contributed by atoms with E-state index in [1.807, 2.05) is 14.1 Å². The van der Waals surface area contributed by atoms with Gasteiger partial charge in [-0.05, 0) is 38.1 Å². The van der Waals surface area contributed by atoms with E-state index in [1.54, 1.807) is 28.6 Å². The van der Waals surface area contributed by atoms with E-state index in [0.29, 0.717) is 19.1 Å². The Kier molecular flexibility index (Phi) is 5.37. The molecule has 6 heteroatoms. The first kappa shape index (κ1) is 16.4. The zero-order chi connectivity index (χ0) is 15.5. The van der Waals surface area contributed by atoms with E-state index >= 15 is 0 Å². The van der Waals surface area contributed by atoms with Gasteiger partial charge in [-0.15, -0.1) is 0 Å². The number of aliphatic hydroxyl groups excluding tert-OH is 1. The predicted octanol–water partition coefficient (Wildman–Crippen LogP) is 1.03. The molecule has 1 fully saturated rings. The monoisotopic (exact) mass is 312 g/mol. The van der Waals surface area contributed by atoms with Crippen LogP contribution < -0.4 is 0 Å². The number of hydrogen-bond acceptors (Lipinski definition) is 4. The topological polar surface area (TPSA) is 60.9 Å². The third kappa shape index (κ3) is 4.26. The molecule has 0 unspecified atom stereocenters. The van der Waals surface area contributed by atoms with E-state index in [0.717, 1.165) is 24.0 Å². The van der Waals surface area contributed by atoms with E-state index in [1.165, 1.54) is 0 Å². The van der Waals surface area contributed by atoms with Gasteiger partial charge in [0.1, 0.15) is 0 Å². The first-order chi connectivity index (χ1) is 9.92. The van der Waals surface area contributed by atoms with Gasteiger partial charge >= 0.3 is 0 Å². The number of benzene rings is 1. The summed E-state index contributed by atoms with van der Waals surface area (Å²) in [6.07, 6.45) is 1.76. The maximum atomic E-state index is 12.5. The standard InChI is InChI=1S/C15H24N2O3S/c1-16(2)15-6-8-17(9-7-15)21(19,20)12-14-5-3-4-13(10-14)11-18/h3-5,10,15,18H,6-9,11-12H2,1-2H3. The summed E-state index contributed by atoms with van der Waals surface area (Å²) in [6.45, 7) is 1.11. The van der Waals surface area contributed by atoms with Crippen LogP contribution in [0.25, 0.3) is 0 Å². The zero-order valence-corrected chi connectivity index (χ0v) is 13.5. The fourth-order valence-corrected chi connectivity index (χ4v) is 4.31. The minimum Gasteiger partial charge on any atom is -0.392 e. The quantitative estimate of drug-likeness (QED) is 0.882. The third-order valence-electron chi connectivity index (χ3n) is 4.07. The molecule has 0 spiro atoms. The van der Waals surface area contributed by atoms with Gasteiger partial charge in [0.15, 0.2) is 0 Å². The van der Waals surface area contributed by atoms with Crippen LogP contribution in [0.15, 0.2) is 24.3 Å². The zero-order valence-electron chi connectivity index (χ0n) is 12.7. The summed E-state index contributed by atoms with van der Waals surface area (Å²) >= 11 is 0. The van der Waals surface area contributed by atoms with Crippen molar-refractivity contribution in [2.45, 2.75) is 31.2 Å². The molecule has 1 aliphatic rings.